The Balaban J connectivity index is 1.37. The molecule has 0 bridgehead atoms. The molecule has 4 heterocycles. The van der Waals surface area contributed by atoms with Gasteiger partial charge in [-0.2, -0.15) is 0 Å². The van der Waals surface area contributed by atoms with Crippen LogP contribution in [0, 0.1) is 0 Å². The average Bonchev–Trinajstić information content (AvgIpc) is 3.35. The first-order valence-electron chi connectivity index (χ1n) is 9.61. The van der Waals surface area contributed by atoms with Crippen molar-refractivity contribution in [2.75, 3.05) is 12.3 Å². The number of nitrogen functional groups attached to an aromatic ring is 1. The number of hydrogen-bond acceptors (Lipinski definition) is 12. The lowest BCUT2D eigenvalue weighted by atomic mass is 10.1. The first-order chi connectivity index (χ1) is 15.8. The van der Waals surface area contributed by atoms with Gasteiger partial charge in [0.1, 0.15) is 30.2 Å². The summed E-state index contributed by atoms with van der Waals surface area (Å²) in [5.41, 5.74) is 5.60. The van der Waals surface area contributed by atoms with Crippen molar-refractivity contribution in [3.05, 3.63) is 47.1 Å². The van der Waals surface area contributed by atoms with E-state index in [4.69, 9.17) is 15.0 Å². The Hall–Kier alpha value is -3.50. The van der Waals surface area contributed by atoms with Crippen molar-refractivity contribution in [3.63, 3.8) is 0 Å². The van der Waals surface area contributed by atoms with E-state index in [2.05, 4.69) is 24.8 Å². The van der Waals surface area contributed by atoms with Crippen LogP contribution in [0.2, 0.25) is 0 Å². The number of para-hydroxylation sites is 1. The van der Waals surface area contributed by atoms with Gasteiger partial charge in [-0.25, -0.2) is 28.1 Å². The number of aliphatic hydroxyl groups excluding tert-OH is 2. The van der Waals surface area contributed by atoms with Crippen molar-refractivity contribution in [1.82, 2.24) is 29.4 Å². The Morgan fingerprint density at radius 2 is 1.94 bits per heavy atom. The predicted molar refractivity (Wildman–Crippen MR) is 111 cm³/mol. The van der Waals surface area contributed by atoms with E-state index in [9.17, 15) is 23.4 Å². The molecule has 0 saturated carbocycles. The summed E-state index contributed by atoms with van der Waals surface area (Å²) >= 11 is 0. The van der Waals surface area contributed by atoms with E-state index in [-0.39, 0.29) is 28.0 Å². The van der Waals surface area contributed by atoms with Crippen molar-refractivity contribution in [2.24, 2.45) is 0 Å². The second kappa shape index (κ2) is 7.82. The van der Waals surface area contributed by atoms with Crippen molar-refractivity contribution in [1.29, 1.82) is 0 Å². The Labute approximate surface area is 184 Å². The zero-order valence-corrected chi connectivity index (χ0v) is 17.5. The second-order valence-corrected chi connectivity index (χ2v) is 8.98. The van der Waals surface area contributed by atoms with Crippen LogP contribution in [-0.4, -0.2) is 68.2 Å². The summed E-state index contributed by atoms with van der Waals surface area (Å²) in [6.45, 7) is -0.464. The summed E-state index contributed by atoms with van der Waals surface area (Å²) in [5, 5.41) is 23.5. The number of fused-ring (bicyclic) bond motifs is 2. The van der Waals surface area contributed by atoms with E-state index in [0.29, 0.717) is 0 Å². The highest BCUT2D eigenvalue weighted by atomic mass is 32.2. The highest BCUT2D eigenvalue weighted by Gasteiger charge is 2.44. The molecule has 14 nitrogen and oxygen atoms in total. The number of ether oxygens (including phenoxy) is 1. The smallest absolute Gasteiger partial charge is 0.265 e. The van der Waals surface area contributed by atoms with Crippen LogP contribution in [0.25, 0.3) is 22.1 Å². The number of anilines is 1. The van der Waals surface area contributed by atoms with Gasteiger partial charge in [-0.1, -0.05) is 17.3 Å². The Morgan fingerprint density at radius 3 is 2.76 bits per heavy atom. The molecule has 4 aromatic rings. The van der Waals surface area contributed by atoms with Crippen molar-refractivity contribution in [2.45, 2.75) is 29.6 Å². The number of hydrogen-bond donors (Lipinski definition) is 4. The zero-order valence-electron chi connectivity index (χ0n) is 16.6. The van der Waals surface area contributed by atoms with Crippen molar-refractivity contribution in [3.8, 4) is 0 Å². The van der Waals surface area contributed by atoms with Crippen LogP contribution in [0.4, 0.5) is 5.82 Å². The highest BCUT2D eigenvalue weighted by Crippen LogP contribution is 2.31. The SMILES string of the molecule is Nc1ncnc2c1ncn2[C@@H]1O[C@H](CNS(=O)(=O)c2noc3ccccc3c2=O)[C@@H](O)[C@H]1O. The summed E-state index contributed by atoms with van der Waals surface area (Å²) in [5.74, 6) is 0.123. The molecule has 33 heavy (non-hydrogen) atoms. The van der Waals surface area contributed by atoms with Gasteiger partial charge < -0.3 is 25.2 Å². The predicted octanol–water partition coefficient (Wildman–Crippen LogP) is -1.49. The normalized spacial score (nSPS) is 23.5. The van der Waals surface area contributed by atoms with E-state index in [0.717, 1.165) is 0 Å². The highest BCUT2D eigenvalue weighted by molar-refractivity contribution is 7.89. The molecule has 5 rings (SSSR count). The van der Waals surface area contributed by atoms with Crippen molar-refractivity contribution >= 4 is 38.0 Å². The standard InChI is InChI=1S/C18H17N7O7S/c19-15-11-16(21-6-20-15)25(7-22-11)18-14(28)13(27)10(31-18)5-23-33(29,30)17-12(26)8-3-1-2-4-9(8)32-24-17/h1-4,6-7,10,13-14,18,23,27-28H,5H2,(H2,19,20,21)/t10-,13-,14-,18-/m1/s1. The lowest BCUT2D eigenvalue weighted by molar-refractivity contribution is -0.0330. The summed E-state index contributed by atoms with van der Waals surface area (Å²) < 4.78 is 39.6. The minimum atomic E-state index is -4.42. The van der Waals surface area contributed by atoms with Crippen LogP contribution < -0.4 is 15.9 Å². The van der Waals surface area contributed by atoms with Gasteiger partial charge >= 0.3 is 0 Å². The molecular weight excluding hydrogens is 458 g/mol. The van der Waals surface area contributed by atoms with E-state index >= 15 is 0 Å². The third-order valence-corrected chi connectivity index (χ3v) is 6.60. The van der Waals surface area contributed by atoms with E-state index in [1.807, 2.05) is 0 Å². The summed E-state index contributed by atoms with van der Waals surface area (Å²) in [6.07, 6.45) is -2.66. The van der Waals surface area contributed by atoms with Crippen LogP contribution in [0.5, 0.6) is 0 Å². The summed E-state index contributed by atoms with van der Waals surface area (Å²) in [6, 6.07) is 6.07. The fourth-order valence-corrected chi connectivity index (χ4v) is 4.61. The molecule has 0 spiro atoms. The Kier molecular flexibility index (Phi) is 5.06. The van der Waals surface area contributed by atoms with Gasteiger partial charge in [-0.3, -0.25) is 9.36 Å². The van der Waals surface area contributed by atoms with Crippen molar-refractivity contribution < 1.29 is 27.9 Å². The third-order valence-electron chi connectivity index (χ3n) is 5.28. The molecule has 5 N–H and O–H groups in total. The molecule has 0 amide bonds. The molecule has 0 aliphatic carbocycles. The number of benzene rings is 1. The number of aromatic nitrogens is 5. The average molecular weight is 475 g/mol. The maximum absolute atomic E-state index is 12.7. The molecule has 1 aliphatic rings. The summed E-state index contributed by atoms with van der Waals surface area (Å²) in [4.78, 5) is 24.5. The second-order valence-electron chi connectivity index (χ2n) is 7.29. The van der Waals surface area contributed by atoms with E-state index < -0.39 is 51.6 Å². The third kappa shape index (κ3) is 3.51. The first-order valence-corrected chi connectivity index (χ1v) is 11.1. The van der Waals surface area contributed by atoms with Gasteiger partial charge in [-0.05, 0) is 12.1 Å². The van der Waals surface area contributed by atoms with Crippen LogP contribution >= 0.6 is 0 Å². The number of rotatable bonds is 5. The monoisotopic (exact) mass is 475 g/mol. The van der Waals surface area contributed by atoms with Gasteiger partial charge in [0.2, 0.25) is 5.43 Å². The van der Waals surface area contributed by atoms with E-state index in [1.54, 1.807) is 12.1 Å². The minimum Gasteiger partial charge on any atom is -0.387 e. The lowest BCUT2D eigenvalue weighted by Gasteiger charge is -2.16. The first kappa shape index (κ1) is 21.4. The summed E-state index contributed by atoms with van der Waals surface area (Å²) in [7, 11) is -4.42. The molecule has 1 aromatic carbocycles. The largest absolute Gasteiger partial charge is 0.387 e. The fourth-order valence-electron chi connectivity index (χ4n) is 3.60. The van der Waals surface area contributed by atoms with Crippen LogP contribution in [0.3, 0.4) is 0 Å². The molecule has 1 saturated heterocycles. The number of nitrogens with one attached hydrogen (secondary N) is 1. The van der Waals surface area contributed by atoms with Gasteiger partial charge in [-0.15, -0.1) is 0 Å². The maximum Gasteiger partial charge on any atom is 0.265 e. The zero-order chi connectivity index (χ0) is 23.3. The molecular formula is C18H17N7O7S. The van der Waals surface area contributed by atoms with Gasteiger partial charge in [0.15, 0.2) is 23.3 Å². The molecule has 1 fully saturated rings. The quantitative estimate of drug-likeness (QED) is 0.260. The number of nitrogens with two attached hydrogens (primary N) is 1. The lowest BCUT2D eigenvalue weighted by Crippen LogP contribution is -2.41. The number of imidazole rings is 1. The van der Waals surface area contributed by atoms with Crippen LogP contribution in [0.15, 0.2) is 51.3 Å². The Bertz CT molecular complexity index is 1520. The fraction of sp³-hybridized carbons (Fsp3) is 0.278. The van der Waals surface area contributed by atoms with Crippen LogP contribution in [0.1, 0.15) is 6.23 Å². The maximum atomic E-state index is 12.7. The minimum absolute atomic E-state index is 0.0498. The molecule has 15 heteroatoms. The number of nitrogens with zero attached hydrogens (tertiary/aromatic N) is 5. The number of sulfonamides is 1. The molecule has 0 radical (unpaired) electrons. The van der Waals surface area contributed by atoms with Gasteiger partial charge in [0.25, 0.3) is 15.0 Å². The van der Waals surface area contributed by atoms with E-state index in [1.165, 1.54) is 29.4 Å². The molecule has 0 unspecified atom stereocenters. The number of aliphatic hydroxyl groups is 2. The molecule has 1 aliphatic heterocycles. The van der Waals surface area contributed by atoms with Crippen LogP contribution in [-0.2, 0) is 14.8 Å². The van der Waals surface area contributed by atoms with Gasteiger partial charge in [0, 0.05) is 6.54 Å². The van der Waals surface area contributed by atoms with Gasteiger partial charge in [0.05, 0.1) is 11.7 Å². The molecule has 4 atom stereocenters. The topological polar surface area (TPSA) is 209 Å². The molecule has 3 aromatic heterocycles. The Morgan fingerprint density at radius 1 is 1.15 bits per heavy atom. The molecule has 172 valence electrons.